The molecular formula is C12H11ClN2. The summed E-state index contributed by atoms with van der Waals surface area (Å²) < 4.78 is 0. The van der Waals surface area contributed by atoms with Gasteiger partial charge in [0, 0.05) is 5.56 Å². The molecular weight excluding hydrogens is 208 g/mol. The van der Waals surface area contributed by atoms with Crippen molar-refractivity contribution in [2.24, 2.45) is 0 Å². The molecule has 0 bridgehead atoms. The minimum atomic E-state index is 0.514. The van der Waals surface area contributed by atoms with Gasteiger partial charge in [0.2, 0.25) is 0 Å². The lowest BCUT2D eigenvalue weighted by atomic mass is 10.0. The van der Waals surface area contributed by atoms with E-state index in [1.807, 2.05) is 30.3 Å². The molecule has 0 aliphatic heterocycles. The molecule has 0 radical (unpaired) electrons. The highest BCUT2D eigenvalue weighted by atomic mass is 35.5. The van der Waals surface area contributed by atoms with E-state index in [9.17, 15) is 0 Å². The second-order valence-corrected chi connectivity index (χ2v) is 3.73. The van der Waals surface area contributed by atoms with Crippen LogP contribution in [-0.4, -0.2) is 0 Å². The number of hydrogen-bond donors (Lipinski definition) is 2. The summed E-state index contributed by atoms with van der Waals surface area (Å²) in [6, 6.07) is 13.3. The summed E-state index contributed by atoms with van der Waals surface area (Å²) in [5.74, 6) is 0. The maximum absolute atomic E-state index is 6.10. The molecule has 0 unspecified atom stereocenters. The van der Waals surface area contributed by atoms with Gasteiger partial charge in [0.15, 0.2) is 0 Å². The number of anilines is 2. The van der Waals surface area contributed by atoms with Crippen molar-refractivity contribution < 1.29 is 0 Å². The number of nitrogen functional groups attached to an aromatic ring is 2. The summed E-state index contributed by atoms with van der Waals surface area (Å²) in [6.45, 7) is 0. The Morgan fingerprint density at radius 3 is 2.13 bits per heavy atom. The Labute approximate surface area is 93.5 Å². The van der Waals surface area contributed by atoms with Crippen LogP contribution in [0.5, 0.6) is 0 Å². The molecule has 0 aliphatic carbocycles. The predicted molar refractivity (Wildman–Crippen MR) is 65.7 cm³/mol. The first-order chi connectivity index (χ1) is 7.18. The van der Waals surface area contributed by atoms with Gasteiger partial charge < -0.3 is 11.5 Å². The Bertz CT molecular complexity index is 480. The van der Waals surface area contributed by atoms with E-state index in [4.69, 9.17) is 23.1 Å². The first-order valence-corrected chi connectivity index (χ1v) is 4.96. The van der Waals surface area contributed by atoms with E-state index in [1.165, 1.54) is 0 Å². The molecule has 0 spiro atoms. The van der Waals surface area contributed by atoms with Crippen LogP contribution in [0, 0.1) is 0 Å². The number of benzene rings is 2. The average molecular weight is 219 g/mol. The maximum Gasteiger partial charge on any atom is 0.0563 e. The molecule has 0 saturated heterocycles. The van der Waals surface area contributed by atoms with E-state index in [1.54, 1.807) is 12.1 Å². The van der Waals surface area contributed by atoms with Gasteiger partial charge in [0.25, 0.3) is 0 Å². The first-order valence-electron chi connectivity index (χ1n) is 4.58. The van der Waals surface area contributed by atoms with E-state index >= 15 is 0 Å². The Kier molecular flexibility index (Phi) is 2.52. The molecule has 0 atom stereocenters. The molecule has 4 N–H and O–H groups in total. The van der Waals surface area contributed by atoms with Crippen LogP contribution in [0.2, 0.25) is 5.02 Å². The monoisotopic (exact) mass is 218 g/mol. The zero-order valence-corrected chi connectivity index (χ0v) is 8.83. The standard InChI is InChI=1S/C12H11ClN2/c13-10-7-12(15)11(14)6-9(10)8-4-2-1-3-5-8/h1-7H,14-15H2. The fraction of sp³-hybridized carbons (Fsp3) is 0. The molecule has 3 heteroatoms. The van der Waals surface area contributed by atoms with Crippen molar-refractivity contribution in [2.75, 3.05) is 11.5 Å². The van der Waals surface area contributed by atoms with Crippen LogP contribution in [0.1, 0.15) is 0 Å². The van der Waals surface area contributed by atoms with Crippen molar-refractivity contribution >= 4 is 23.0 Å². The molecule has 76 valence electrons. The third-order valence-electron chi connectivity index (χ3n) is 2.26. The molecule has 2 nitrogen and oxygen atoms in total. The van der Waals surface area contributed by atoms with Crippen LogP contribution in [0.3, 0.4) is 0 Å². The summed E-state index contributed by atoms with van der Waals surface area (Å²) in [5, 5.41) is 0.618. The molecule has 0 heterocycles. The lowest BCUT2D eigenvalue weighted by Crippen LogP contribution is -1.95. The summed E-state index contributed by atoms with van der Waals surface area (Å²) >= 11 is 6.10. The maximum atomic E-state index is 6.10. The third-order valence-corrected chi connectivity index (χ3v) is 2.57. The summed E-state index contributed by atoms with van der Waals surface area (Å²) in [5.41, 5.74) is 14.4. The van der Waals surface area contributed by atoms with Crippen molar-refractivity contribution in [3.8, 4) is 11.1 Å². The summed E-state index contributed by atoms with van der Waals surface area (Å²) in [6.07, 6.45) is 0. The van der Waals surface area contributed by atoms with E-state index < -0.39 is 0 Å². The summed E-state index contributed by atoms with van der Waals surface area (Å²) in [4.78, 5) is 0. The van der Waals surface area contributed by atoms with Crippen LogP contribution in [-0.2, 0) is 0 Å². The SMILES string of the molecule is Nc1cc(Cl)c(-c2ccccc2)cc1N. The Morgan fingerprint density at radius 1 is 0.867 bits per heavy atom. The normalized spacial score (nSPS) is 10.2. The van der Waals surface area contributed by atoms with Gasteiger partial charge >= 0.3 is 0 Å². The van der Waals surface area contributed by atoms with Crippen molar-refractivity contribution in [3.63, 3.8) is 0 Å². The number of nitrogens with two attached hydrogens (primary N) is 2. The topological polar surface area (TPSA) is 52.0 Å². The van der Waals surface area contributed by atoms with E-state index in [-0.39, 0.29) is 0 Å². The van der Waals surface area contributed by atoms with Crippen LogP contribution in [0.4, 0.5) is 11.4 Å². The molecule has 0 amide bonds. The van der Waals surface area contributed by atoms with Gasteiger partial charge in [-0.3, -0.25) is 0 Å². The van der Waals surface area contributed by atoms with E-state index in [0.29, 0.717) is 16.4 Å². The molecule has 2 aromatic rings. The van der Waals surface area contributed by atoms with Crippen molar-refractivity contribution in [3.05, 3.63) is 47.5 Å². The highest BCUT2D eigenvalue weighted by Gasteiger charge is 2.05. The zero-order chi connectivity index (χ0) is 10.8. The smallest absolute Gasteiger partial charge is 0.0563 e. The second kappa shape index (κ2) is 3.83. The van der Waals surface area contributed by atoms with E-state index in [0.717, 1.165) is 11.1 Å². The van der Waals surface area contributed by atoms with Gasteiger partial charge in [-0.2, -0.15) is 0 Å². The first kappa shape index (κ1) is 9.87. The van der Waals surface area contributed by atoms with Gasteiger partial charge in [0.05, 0.1) is 16.4 Å². The van der Waals surface area contributed by atoms with E-state index in [2.05, 4.69) is 0 Å². The van der Waals surface area contributed by atoms with Gasteiger partial charge in [-0.25, -0.2) is 0 Å². The molecule has 0 fully saturated rings. The fourth-order valence-corrected chi connectivity index (χ4v) is 1.73. The van der Waals surface area contributed by atoms with Gasteiger partial charge in [-0.05, 0) is 17.7 Å². The van der Waals surface area contributed by atoms with Crippen LogP contribution < -0.4 is 11.5 Å². The Morgan fingerprint density at radius 2 is 1.47 bits per heavy atom. The molecule has 0 aliphatic rings. The predicted octanol–water partition coefficient (Wildman–Crippen LogP) is 3.17. The molecule has 2 aromatic carbocycles. The van der Waals surface area contributed by atoms with Gasteiger partial charge in [-0.1, -0.05) is 41.9 Å². The van der Waals surface area contributed by atoms with Gasteiger partial charge in [0.1, 0.15) is 0 Å². The van der Waals surface area contributed by atoms with Gasteiger partial charge in [-0.15, -0.1) is 0 Å². The van der Waals surface area contributed by atoms with Crippen LogP contribution >= 0.6 is 11.6 Å². The van der Waals surface area contributed by atoms with Crippen molar-refractivity contribution in [1.29, 1.82) is 0 Å². The second-order valence-electron chi connectivity index (χ2n) is 3.33. The minimum Gasteiger partial charge on any atom is -0.397 e. The number of halogens is 1. The lowest BCUT2D eigenvalue weighted by Gasteiger charge is -2.07. The zero-order valence-electron chi connectivity index (χ0n) is 8.07. The average Bonchev–Trinajstić information content (AvgIpc) is 2.25. The third kappa shape index (κ3) is 1.90. The largest absolute Gasteiger partial charge is 0.397 e. The van der Waals surface area contributed by atoms with Crippen molar-refractivity contribution in [1.82, 2.24) is 0 Å². The van der Waals surface area contributed by atoms with Crippen molar-refractivity contribution in [2.45, 2.75) is 0 Å². The molecule has 0 saturated carbocycles. The number of hydrogen-bond acceptors (Lipinski definition) is 2. The number of rotatable bonds is 1. The highest BCUT2D eigenvalue weighted by molar-refractivity contribution is 6.33. The lowest BCUT2D eigenvalue weighted by molar-refractivity contribution is 1.60. The molecule has 15 heavy (non-hydrogen) atoms. The quantitative estimate of drug-likeness (QED) is 0.723. The minimum absolute atomic E-state index is 0.514. The molecule has 2 rings (SSSR count). The highest BCUT2D eigenvalue weighted by Crippen LogP contribution is 2.32. The molecule has 0 aromatic heterocycles. The summed E-state index contributed by atoms with van der Waals surface area (Å²) in [7, 11) is 0. The van der Waals surface area contributed by atoms with Crippen LogP contribution in [0.15, 0.2) is 42.5 Å². The Hall–Kier alpha value is -1.67. The van der Waals surface area contributed by atoms with Crippen LogP contribution in [0.25, 0.3) is 11.1 Å². The fourth-order valence-electron chi connectivity index (χ4n) is 1.44. The Balaban J connectivity index is 2.59.